The second-order valence-electron chi connectivity index (χ2n) is 5.10. The van der Waals surface area contributed by atoms with E-state index in [-0.39, 0.29) is 19.0 Å². The van der Waals surface area contributed by atoms with Gasteiger partial charge in [0.25, 0.3) is 0 Å². The van der Waals surface area contributed by atoms with Gasteiger partial charge >= 0.3 is 5.97 Å². The molecule has 0 fully saturated rings. The number of rotatable bonds is 6. The minimum absolute atomic E-state index is 0.0803. The smallest absolute Gasteiger partial charge is 0.355 e. The number of halogens is 1. The summed E-state index contributed by atoms with van der Waals surface area (Å²) in [7, 11) is 0. The Morgan fingerprint density at radius 3 is 2.48 bits per heavy atom. The lowest BCUT2D eigenvalue weighted by molar-refractivity contribution is 0.0443. The normalized spacial score (nSPS) is 10.4. The zero-order valence-corrected chi connectivity index (χ0v) is 14.0. The topological polar surface area (TPSA) is 68.4 Å². The highest BCUT2D eigenvalue weighted by Crippen LogP contribution is 2.23. The van der Waals surface area contributed by atoms with Crippen LogP contribution in [0.2, 0.25) is 5.02 Å². The molecule has 122 valence electrons. The predicted octanol–water partition coefficient (Wildman–Crippen LogP) is 3.72. The molecule has 0 aliphatic carbocycles. The number of aromatic amines is 1. The van der Waals surface area contributed by atoms with Crippen molar-refractivity contribution in [3.05, 3.63) is 51.8 Å². The Morgan fingerprint density at radius 2 is 1.87 bits per heavy atom. The van der Waals surface area contributed by atoms with Gasteiger partial charge in [0.1, 0.15) is 24.7 Å². The molecule has 0 amide bonds. The summed E-state index contributed by atoms with van der Waals surface area (Å²) in [5.74, 6) is -0.0609. The van der Waals surface area contributed by atoms with Crippen molar-refractivity contribution in [1.82, 2.24) is 4.98 Å². The first kappa shape index (κ1) is 17.1. The molecule has 0 saturated carbocycles. The second-order valence-corrected chi connectivity index (χ2v) is 5.50. The maximum atomic E-state index is 12.1. The molecule has 0 atom stereocenters. The molecule has 1 heterocycles. The number of esters is 1. The summed E-state index contributed by atoms with van der Waals surface area (Å²) in [6.45, 7) is 5.21. The Hall–Kier alpha value is -2.27. The number of ether oxygens (including phenoxy) is 2. The lowest BCUT2D eigenvalue weighted by Crippen LogP contribution is -2.13. The van der Waals surface area contributed by atoms with Crippen LogP contribution in [0, 0.1) is 13.8 Å². The van der Waals surface area contributed by atoms with Crippen LogP contribution in [0.5, 0.6) is 5.75 Å². The van der Waals surface area contributed by atoms with Gasteiger partial charge in [0.2, 0.25) is 0 Å². The second kappa shape index (κ2) is 7.33. The van der Waals surface area contributed by atoms with Crippen LogP contribution in [0.4, 0.5) is 0 Å². The summed E-state index contributed by atoms with van der Waals surface area (Å²) >= 11 is 5.96. The minimum Gasteiger partial charge on any atom is -0.488 e. The third-order valence-electron chi connectivity index (χ3n) is 3.40. The van der Waals surface area contributed by atoms with E-state index in [2.05, 4.69) is 4.98 Å². The van der Waals surface area contributed by atoms with Gasteiger partial charge in [-0.25, -0.2) is 4.79 Å². The number of hydrogen-bond donors (Lipinski definition) is 1. The van der Waals surface area contributed by atoms with Crippen LogP contribution < -0.4 is 4.74 Å². The van der Waals surface area contributed by atoms with Crippen molar-refractivity contribution < 1.29 is 19.1 Å². The van der Waals surface area contributed by atoms with Gasteiger partial charge in [0.05, 0.1) is 5.02 Å². The molecular formula is C17H18ClNO4. The lowest BCUT2D eigenvalue weighted by Gasteiger charge is -2.08. The van der Waals surface area contributed by atoms with Crippen molar-refractivity contribution in [3.8, 4) is 5.75 Å². The van der Waals surface area contributed by atoms with E-state index >= 15 is 0 Å². The first-order chi connectivity index (χ1) is 10.9. The van der Waals surface area contributed by atoms with Crippen molar-refractivity contribution in [3.63, 3.8) is 0 Å². The molecule has 0 saturated heterocycles. The minimum atomic E-state index is -0.513. The molecule has 0 aliphatic rings. The van der Waals surface area contributed by atoms with E-state index in [0.717, 1.165) is 0 Å². The number of benzene rings is 1. The molecule has 5 nitrogen and oxygen atoms in total. The summed E-state index contributed by atoms with van der Waals surface area (Å²) in [6, 6.07) is 7.07. The lowest BCUT2D eigenvalue weighted by atomic mass is 10.1. The van der Waals surface area contributed by atoms with E-state index in [1.807, 2.05) is 6.07 Å². The standard InChI is InChI=1S/C17H18ClNO4/c1-10-15(12(3)20)11(2)19-16(10)17(21)23-9-8-22-14-7-5-4-6-13(14)18/h4-7,19H,8-9H2,1-3H3. The molecule has 0 radical (unpaired) electrons. The molecule has 2 rings (SSSR count). The fraction of sp³-hybridized carbons (Fsp3) is 0.294. The van der Waals surface area contributed by atoms with Gasteiger partial charge in [-0.1, -0.05) is 23.7 Å². The molecule has 0 aliphatic heterocycles. The number of Topliss-reactive ketones (excluding diaryl/α,β-unsaturated/α-hetero) is 1. The van der Waals surface area contributed by atoms with Crippen molar-refractivity contribution in [2.24, 2.45) is 0 Å². The van der Waals surface area contributed by atoms with Crippen molar-refractivity contribution in [1.29, 1.82) is 0 Å². The molecule has 23 heavy (non-hydrogen) atoms. The molecule has 0 unspecified atom stereocenters. The fourth-order valence-corrected chi connectivity index (χ4v) is 2.59. The van der Waals surface area contributed by atoms with Gasteiger partial charge in [-0.05, 0) is 38.5 Å². The first-order valence-corrected chi connectivity index (χ1v) is 7.54. The Bertz CT molecular complexity index is 736. The number of aromatic nitrogens is 1. The molecule has 1 aromatic carbocycles. The Balaban J connectivity index is 1.92. The van der Waals surface area contributed by atoms with E-state index in [9.17, 15) is 9.59 Å². The molecule has 1 aromatic heterocycles. The number of carbonyl (C=O) groups is 2. The maximum Gasteiger partial charge on any atom is 0.355 e. The van der Waals surface area contributed by atoms with Gasteiger partial charge in [-0.15, -0.1) is 0 Å². The highest BCUT2D eigenvalue weighted by molar-refractivity contribution is 6.32. The Kier molecular flexibility index (Phi) is 5.45. The summed E-state index contributed by atoms with van der Waals surface area (Å²) in [5, 5.41) is 0.501. The zero-order chi connectivity index (χ0) is 17.0. The monoisotopic (exact) mass is 335 g/mol. The number of nitrogens with one attached hydrogen (secondary N) is 1. The number of H-pyrrole nitrogens is 1. The van der Waals surface area contributed by atoms with Crippen LogP contribution in [0.15, 0.2) is 24.3 Å². The number of ketones is 1. The van der Waals surface area contributed by atoms with Crippen molar-refractivity contribution in [2.75, 3.05) is 13.2 Å². The quantitative estimate of drug-likeness (QED) is 0.496. The third kappa shape index (κ3) is 3.93. The van der Waals surface area contributed by atoms with Crippen LogP contribution in [0.3, 0.4) is 0 Å². The Labute approximate surface area is 139 Å². The van der Waals surface area contributed by atoms with Crippen LogP contribution in [-0.2, 0) is 4.74 Å². The number of hydrogen-bond acceptors (Lipinski definition) is 4. The average Bonchev–Trinajstić information content (AvgIpc) is 2.80. The number of para-hydroxylation sites is 1. The first-order valence-electron chi connectivity index (χ1n) is 7.16. The highest BCUT2D eigenvalue weighted by Gasteiger charge is 2.20. The van der Waals surface area contributed by atoms with Gasteiger partial charge in [-0.3, -0.25) is 4.79 Å². The van der Waals surface area contributed by atoms with E-state index < -0.39 is 5.97 Å². The summed E-state index contributed by atoms with van der Waals surface area (Å²) in [5.41, 5.74) is 2.09. The molecule has 1 N–H and O–H groups in total. The summed E-state index contributed by atoms with van der Waals surface area (Å²) in [4.78, 5) is 26.6. The van der Waals surface area contributed by atoms with Crippen molar-refractivity contribution in [2.45, 2.75) is 20.8 Å². The van der Waals surface area contributed by atoms with Gasteiger partial charge in [0, 0.05) is 11.3 Å². The van der Waals surface area contributed by atoms with Crippen LogP contribution >= 0.6 is 11.6 Å². The van der Waals surface area contributed by atoms with Gasteiger partial charge < -0.3 is 14.5 Å². The predicted molar refractivity (Wildman–Crippen MR) is 87.5 cm³/mol. The zero-order valence-electron chi connectivity index (χ0n) is 13.2. The number of aryl methyl sites for hydroxylation is 1. The molecule has 0 spiro atoms. The molecule has 6 heteroatoms. The van der Waals surface area contributed by atoms with Crippen molar-refractivity contribution >= 4 is 23.4 Å². The summed E-state index contributed by atoms with van der Waals surface area (Å²) < 4.78 is 10.6. The van der Waals surface area contributed by atoms with Crippen LogP contribution in [0.25, 0.3) is 0 Å². The van der Waals surface area contributed by atoms with E-state index in [4.69, 9.17) is 21.1 Å². The molecule has 2 aromatic rings. The fourth-order valence-electron chi connectivity index (χ4n) is 2.40. The van der Waals surface area contributed by atoms with E-state index in [0.29, 0.717) is 33.3 Å². The van der Waals surface area contributed by atoms with Gasteiger partial charge in [0.15, 0.2) is 5.78 Å². The maximum absolute atomic E-state index is 12.1. The molecule has 0 bridgehead atoms. The van der Waals surface area contributed by atoms with Gasteiger partial charge in [-0.2, -0.15) is 0 Å². The average molecular weight is 336 g/mol. The third-order valence-corrected chi connectivity index (χ3v) is 3.72. The molecular weight excluding hydrogens is 318 g/mol. The van der Waals surface area contributed by atoms with Crippen LogP contribution in [0.1, 0.15) is 39.0 Å². The largest absolute Gasteiger partial charge is 0.488 e. The van der Waals surface area contributed by atoms with E-state index in [1.54, 1.807) is 32.0 Å². The highest BCUT2D eigenvalue weighted by atomic mass is 35.5. The van der Waals surface area contributed by atoms with E-state index in [1.165, 1.54) is 6.92 Å². The Morgan fingerprint density at radius 1 is 1.17 bits per heavy atom. The number of carbonyl (C=O) groups excluding carboxylic acids is 2. The SMILES string of the molecule is CC(=O)c1c(C)[nH]c(C(=O)OCCOc2ccccc2Cl)c1C. The summed E-state index contributed by atoms with van der Waals surface area (Å²) in [6.07, 6.45) is 0. The van der Waals surface area contributed by atoms with Crippen LogP contribution in [-0.4, -0.2) is 30.0 Å².